The monoisotopic (exact) mass is 221 g/mol. The maximum absolute atomic E-state index is 5.86. The third kappa shape index (κ3) is 3.91. The normalized spacial score (nSPS) is 14.1. The van der Waals surface area contributed by atoms with Crippen LogP contribution in [0.15, 0.2) is 24.5 Å². The van der Waals surface area contributed by atoms with Crippen molar-refractivity contribution in [3.05, 3.63) is 30.1 Å². The van der Waals surface area contributed by atoms with Crippen LogP contribution >= 0.6 is 0 Å². The summed E-state index contributed by atoms with van der Waals surface area (Å²) in [5, 5.41) is 0. The Bertz CT molecular complexity index is 303. The molecule has 1 rings (SSSR count). The maximum atomic E-state index is 5.86. The fourth-order valence-corrected chi connectivity index (χ4v) is 2.01. The van der Waals surface area contributed by atoms with Crippen LogP contribution in [0.25, 0.3) is 0 Å². The maximum Gasteiger partial charge on any atom is 0.0468 e. The van der Waals surface area contributed by atoms with Gasteiger partial charge in [-0.1, -0.05) is 20.8 Å². The Morgan fingerprint density at radius 2 is 1.88 bits per heavy atom. The first-order chi connectivity index (χ1) is 7.44. The predicted octanol–water partition coefficient (Wildman–Crippen LogP) is 2.06. The zero-order valence-electron chi connectivity index (χ0n) is 10.8. The van der Waals surface area contributed by atoms with E-state index in [0.717, 1.165) is 6.54 Å². The van der Waals surface area contributed by atoms with Crippen LogP contribution in [0.5, 0.6) is 0 Å². The van der Waals surface area contributed by atoms with Crippen molar-refractivity contribution in [1.29, 1.82) is 0 Å². The highest BCUT2D eigenvalue weighted by Crippen LogP contribution is 2.22. The molecule has 1 atom stereocenters. The Morgan fingerprint density at radius 1 is 1.31 bits per heavy atom. The number of rotatable bonds is 4. The van der Waals surface area contributed by atoms with Crippen LogP contribution in [-0.4, -0.2) is 30.0 Å². The van der Waals surface area contributed by atoms with Gasteiger partial charge in [-0.2, -0.15) is 0 Å². The van der Waals surface area contributed by atoms with Crippen LogP contribution in [0.2, 0.25) is 0 Å². The van der Waals surface area contributed by atoms with Crippen molar-refractivity contribution >= 4 is 0 Å². The van der Waals surface area contributed by atoms with Crippen LogP contribution in [-0.2, 0) is 0 Å². The molecule has 2 N–H and O–H groups in total. The predicted molar refractivity (Wildman–Crippen MR) is 68.1 cm³/mol. The minimum absolute atomic E-state index is 0.280. The van der Waals surface area contributed by atoms with Gasteiger partial charge in [-0.25, -0.2) is 0 Å². The summed E-state index contributed by atoms with van der Waals surface area (Å²) in [6.45, 7) is 8.38. The molecule has 0 amide bonds. The summed E-state index contributed by atoms with van der Waals surface area (Å²) in [5.74, 6) is 0. The van der Waals surface area contributed by atoms with E-state index >= 15 is 0 Å². The Kier molecular flexibility index (Phi) is 4.44. The van der Waals surface area contributed by atoms with Crippen LogP contribution in [0.3, 0.4) is 0 Å². The Balaban J connectivity index is 2.75. The second-order valence-electron chi connectivity index (χ2n) is 5.51. The molecule has 0 fully saturated rings. The number of nitrogens with two attached hydrogens (primary N) is 1. The quantitative estimate of drug-likeness (QED) is 0.846. The molecule has 0 aliphatic heterocycles. The minimum atomic E-state index is 0.280. The zero-order chi connectivity index (χ0) is 12.2. The number of aromatic nitrogens is 1. The van der Waals surface area contributed by atoms with Crippen molar-refractivity contribution < 1.29 is 0 Å². The van der Waals surface area contributed by atoms with E-state index in [4.69, 9.17) is 5.73 Å². The van der Waals surface area contributed by atoms with Crippen LogP contribution in [0.4, 0.5) is 0 Å². The smallest absolute Gasteiger partial charge is 0.0468 e. The van der Waals surface area contributed by atoms with Gasteiger partial charge in [-0.15, -0.1) is 0 Å². The van der Waals surface area contributed by atoms with Gasteiger partial charge in [0.25, 0.3) is 0 Å². The van der Waals surface area contributed by atoms with Gasteiger partial charge in [0.2, 0.25) is 0 Å². The molecule has 1 heterocycles. The Hall–Kier alpha value is -0.930. The topological polar surface area (TPSA) is 42.1 Å². The van der Waals surface area contributed by atoms with Gasteiger partial charge in [-0.3, -0.25) is 9.88 Å². The fourth-order valence-electron chi connectivity index (χ4n) is 2.01. The van der Waals surface area contributed by atoms with Crippen molar-refractivity contribution in [3.8, 4) is 0 Å². The molecule has 1 aromatic rings. The zero-order valence-corrected chi connectivity index (χ0v) is 10.8. The SMILES string of the molecule is CN(CC(C)(C)C)C(CN)c1ccncc1. The van der Waals surface area contributed by atoms with Crippen molar-refractivity contribution in [1.82, 2.24) is 9.88 Å². The van der Waals surface area contributed by atoms with E-state index in [1.165, 1.54) is 5.56 Å². The van der Waals surface area contributed by atoms with E-state index < -0.39 is 0 Å². The van der Waals surface area contributed by atoms with Crippen molar-refractivity contribution in [2.24, 2.45) is 11.1 Å². The second kappa shape index (κ2) is 5.41. The third-order valence-corrected chi connectivity index (χ3v) is 2.57. The molecule has 0 aliphatic carbocycles. The molecule has 90 valence electrons. The first-order valence-electron chi connectivity index (χ1n) is 5.74. The first-order valence-corrected chi connectivity index (χ1v) is 5.74. The molecular formula is C13H23N3. The van der Waals surface area contributed by atoms with Gasteiger partial charge in [0.15, 0.2) is 0 Å². The lowest BCUT2D eigenvalue weighted by atomic mass is 9.94. The number of hydrogen-bond acceptors (Lipinski definition) is 3. The summed E-state index contributed by atoms with van der Waals surface area (Å²) in [6.07, 6.45) is 3.64. The third-order valence-electron chi connectivity index (χ3n) is 2.57. The molecule has 0 aliphatic rings. The molecule has 16 heavy (non-hydrogen) atoms. The summed E-state index contributed by atoms with van der Waals surface area (Å²) in [5.41, 5.74) is 7.39. The van der Waals surface area contributed by atoms with E-state index in [9.17, 15) is 0 Å². The highest BCUT2D eigenvalue weighted by Gasteiger charge is 2.20. The number of likely N-dealkylation sites (N-methyl/N-ethyl adjacent to an activating group) is 1. The number of pyridine rings is 1. The lowest BCUT2D eigenvalue weighted by Crippen LogP contribution is -2.36. The molecular weight excluding hydrogens is 198 g/mol. The van der Waals surface area contributed by atoms with Crippen LogP contribution in [0.1, 0.15) is 32.4 Å². The molecule has 1 aromatic heterocycles. The molecule has 0 saturated heterocycles. The highest BCUT2D eigenvalue weighted by atomic mass is 15.1. The van der Waals surface area contributed by atoms with E-state index in [1.807, 2.05) is 24.5 Å². The van der Waals surface area contributed by atoms with Crippen molar-refractivity contribution in [2.75, 3.05) is 20.1 Å². The minimum Gasteiger partial charge on any atom is -0.329 e. The standard InChI is InChI=1S/C13H23N3/c1-13(2,3)10-16(4)12(9-14)11-5-7-15-8-6-11/h5-8,12H,9-10,14H2,1-4H3. The summed E-state index contributed by atoms with van der Waals surface area (Å²) in [4.78, 5) is 6.35. The van der Waals surface area contributed by atoms with Crippen molar-refractivity contribution in [3.63, 3.8) is 0 Å². The van der Waals surface area contributed by atoms with E-state index in [0.29, 0.717) is 6.54 Å². The molecule has 3 heteroatoms. The average Bonchev–Trinajstić information content (AvgIpc) is 2.17. The summed E-state index contributed by atoms with van der Waals surface area (Å²) < 4.78 is 0. The van der Waals surface area contributed by atoms with E-state index in [2.05, 4.69) is 37.7 Å². The molecule has 0 saturated carbocycles. The molecule has 0 aromatic carbocycles. The molecule has 3 nitrogen and oxygen atoms in total. The van der Waals surface area contributed by atoms with Gasteiger partial charge in [-0.05, 0) is 30.2 Å². The fraction of sp³-hybridized carbons (Fsp3) is 0.615. The van der Waals surface area contributed by atoms with Gasteiger partial charge in [0, 0.05) is 31.5 Å². The molecule has 1 unspecified atom stereocenters. The van der Waals surface area contributed by atoms with Crippen LogP contribution < -0.4 is 5.73 Å². The molecule has 0 bridgehead atoms. The lowest BCUT2D eigenvalue weighted by molar-refractivity contribution is 0.175. The van der Waals surface area contributed by atoms with E-state index in [-0.39, 0.29) is 11.5 Å². The largest absolute Gasteiger partial charge is 0.329 e. The number of hydrogen-bond donors (Lipinski definition) is 1. The van der Waals surface area contributed by atoms with Gasteiger partial charge in [0.1, 0.15) is 0 Å². The summed E-state index contributed by atoms with van der Waals surface area (Å²) in [6, 6.07) is 4.36. The van der Waals surface area contributed by atoms with E-state index in [1.54, 1.807) is 0 Å². The molecule has 0 radical (unpaired) electrons. The Labute approximate surface area is 98.7 Å². The second-order valence-corrected chi connectivity index (χ2v) is 5.51. The Morgan fingerprint density at radius 3 is 2.31 bits per heavy atom. The van der Waals surface area contributed by atoms with Gasteiger partial charge < -0.3 is 5.73 Å². The van der Waals surface area contributed by atoms with Gasteiger partial charge in [0.05, 0.1) is 0 Å². The van der Waals surface area contributed by atoms with Crippen LogP contribution in [0, 0.1) is 5.41 Å². The summed E-state index contributed by atoms with van der Waals surface area (Å²) >= 11 is 0. The first kappa shape index (κ1) is 13.1. The highest BCUT2D eigenvalue weighted by molar-refractivity contribution is 5.15. The molecule has 0 spiro atoms. The number of nitrogens with zero attached hydrogens (tertiary/aromatic N) is 2. The summed E-state index contributed by atoms with van der Waals surface area (Å²) in [7, 11) is 2.13. The lowest BCUT2D eigenvalue weighted by Gasteiger charge is -2.32. The van der Waals surface area contributed by atoms with Gasteiger partial charge >= 0.3 is 0 Å². The average molecular weight is 221 g/mol. The van der Waals surface area contributed by atoms with Crippen molar-refractivity contribution in [2.45, 2.75) is 26.8 Å².